The predicted octanol–water partition coefficient (Wildman–Crippen LogP) is 3.11. The third-order valence-corrected chi connectivity index (χ3v) is 4.30. The third kappa shape index (κ3) is 3.19. The first kappa shape index (κ1) is 12.8. The van der Waals surface area contributed by atoms with Gasteiger partial charge in [0.25, 0.3) is 0 Å². The minimum absolute atomic E-state index is 0.338. The number of aldehydes is 1. The van der Waals surface area contributed by atoms with Crippen LogP contribution < -0.4 is 5.32 Å². The second kappa shape index (κ2) is 5.83. The highest BCUT2D eigenvalue weighted by atomic mass is 79.9. The molecule has 2 atom stereocenters. The van der Waals surface area contributed by atoms with Crippen molar-refractivity contribution in [2.24, 2.45) is 17.8 Å². The Kier molecular flexibility index (Phi) is 4.40. The average molecular weight is 300 g/mol. The summed E-state index contributed by atoms with van der Waals surface area (Å²) in [6.07, 6.45) is 5.08. The summed E-state index contributed by atoms with van der Waals surface area (Å²) < 4.78 is 5.40. The van der Waals surface area contributed by atoms with Crippen molar-refractivity contribution in [3.05, 3.63) is 22.6 Å². The van der Waals surface area contributed by atoms with Crippen LogP contribution in [0.25, 0.3) is 0 Å². The van der Waals surface area contributed by atoms with Gasteiger partial charge < -0.3 is 9.73 Å². The molecule has 2 fully saturated rings. The minimum Gasteiger partial charge on any atom is -0.460 e. The van der Waals surface area contributed by atoms with Crippen LogP contribution in [0.3, 0.4) is 0 Å². The van der Waals surface area contributed by atoms with Crippen LogP contribution in [-0.2, 0) is 0 Å². The quantitative estimate of drug-likeness (QED) is 0.810. The van der Waals surface area contributed by atoms with Gasteiger partial charge in [-0.15, -0.1) is 0 Å². The Morgan fingerprint density at radius 1 is 1.41 bits per heavy atom. The molecule has 0 radical (unpaired) electrons. The van der Waals surface area contributed by atoms with Crippen LogP contribution in [0.4, 0.5) is 0 Å². The van der Waals surface area contributed by atoms with E-state index in [9.17, 15) is 4.79 Å². The van der Waals surface area contributed by atoms with E-state index in [4.69, 9.17) is 4.42 Å². The van der Waals surface area contributed by atoms with Gasteiger partial charge in [-0.2, -0.15) is 0 Å². The monoisotopic (exact) mass is 299 g/mol. The maximum atomic E-state index is 9.96. The largest absolute Gasteiger partial charge is 0.460 e. The van der Waals surface area contributed by atoms with Gasteiger partial charge >= 0.3 is 0 Å². The molecule has 4 heteroatoms. The standard InChI is InChI=1S/C8H15N.C5H3BrO2/c1-6-2-7-4-9-5-8(7)3-6;6-4-1-2-8-5(4)3-7/h6-9H,2-5H2,1H3;1-3H. The van der Waals surface area contributed by atoms with Crippen LogP contribution >= 0.6 is 15.9 Å². The van der Waals surface area contributed by atoms with E-state index < -0.39 is 0 Å². The Balaban J connectivity index is 0.000000128. The molecule has 0 bridgehead atoms. The van der Waals surface area contributed by atoms with Crippen LogP contribution in [0.15, 0.2) is 21.2 Å². The van der Waals surface area contributed by atoms with Crippen LogP contribution in [0.1, 0.15) is 30.3 Å². The van der Waals surface area contributed by atoms with E-state index in [-0.39, 0.29) is 0 Å². The highest BCUT2D eigenvalue weighted by Gasteiger charge is 2.34. The molecule has 2 unspecified atom stereocenters. The van der Waals surface area contributed by atoms with Crippen LogP contribution in [0.5, 0.6) is 0 Å². The summed E-state index contributed by atoms with van der Waals surface area (Å²) in [6, 6.07) is 1.67. The van der Waals surface area contributed by atoms with Gasteiger partial charge in [0, 0.05) is 0 Å². The zero-order valence-corrected chi connectivity index (χ0v) is 11.6. The normalized spacial score (nSPS) is 30.6. The molecule has 94 valence electrons. The summed E-state index contributed by atoms with van der Waals surface area (Å²) in [4.78, 5) is 9.96. The number of hydrogen-bond acceptors (Lipinski definition) is 3. The number of fused-ring (bicyclic) bond motifs is 1. The first-order valence-electron chi connectivity index (χ1n) is 6.09. The summed E-state index contributed by atoms with van der Waals surface area (Å²) >= 11 is 3.10. The second-order valence-electron chi connectivity index (χ2n) is 5.01. The van der Waals surface area contributed by atoms with E-state index in [0.29, 0.717) is 16.5 Å². The molecule has 1 aliphatic carbocycles. The Labute approximate surface area is 110 Å². The van der Waals surface area contributed by atoms with Crippen molar-refractivity contribution in [3.8, 4) is 0 Å². The van der Waals surface area contributed by atoms with Crippen molar-refractivity contribution in [2.45, 2.75) is 19.8 Å². The minimum atomic E-state index is 0.338. The van der Waals surface area contributed by atoms with Crippen molar-refractivity contribution in [1.82, 2.24) is 5.32 Å². The van der Waals surface area contributed by atoms with Crippen LogP contribution in [-0.4, -0.2) is 19.4 Å². The summed E-state index contributed by atoms with van der Waals surface area (Å²) in [6.45, 7) is 4.99. The van der Waals surface area contributed by atoms with E-state index in [1.165, 1.54) is 32.2 Å². The molecule has 1 saturated heterocycles. The van der Waals surface area contributed by atoms with Gasteiger partial charge in [0.1, 0.15) is 0 Å². The van der Waals surface area contributed by atoms with Crippen molar-refractivity contribution >= 4 is 22.2 Å². The fraction of sp³-hybridized carbons (Fsp3) is 0.615. The molecule has 0 spiro atoms. The summed E-state index contributed by atoms with van der Waals surface area (Å²) in [5, 5.41) is 3.44. The molecule has 2 heterocycles. The molecule has 3 rings (SSSR count). The smallest absolute Gasteiger partial charge is 0.186 e. The number of nitrogens with one attached hydrogen (secondary N) is 1. The van der Waals surface area contributed by atoms with Crippen LogP contribution in [0, 0.1) is 17.8 Å². The highest BCUT2D eigenvalue weighted by Crippen LogP contribution is 2.37. The van der Waals surface area contributed by atoms with Gasteiger partial charge in [-0.3, -0.25) is 4.79 Å². The van der Waals surface area contributed by atoms with Crippen molar-refractivity contribution in [1.29, 1.82) is 0 Å². The molecular weight excluding hydrogens is 282 g/mol. The SMILES string of the molecule is CC1CC2CNCC2C1.O=Cc1occc1Br. The van der Waals surface area contributed by atoms with E-state index >= 15 is 0 Å². The number of hydrogen-bond donors (Lipinski definition) is 1. The lowest BCUT2D eigenvalue weighted by Crippen LogP contribution is -2.10. The van der Waals surface area contributed by atoms with Crippen molar-refractivity contribution in [2.75, 3.05) is 13.1 Å². The lowest BCUT2D eigenvalue weighted by Gasteiger charge is -2.02. The predicted molar refractivity (Wildman–Crippen MR) is 70.0 cm³/mol. The van der Waals surface area contributed by atoms with Crippen molar-refractivity contribution < 1.29 is 9.21 Å². The summed E-state index contributed by atoms with van der Waals surface area (Å²) in [5.74, 6) is 3.44. The molecule has 17 heavy (non-hydrogen) atoms. The molecule has 0 amide bonds. The van der Waals surface area contributed by atoms with Gasteiger partial charge in [0.2, 0.25) is 0 Å². The fourth-order valence-corrected chi connectivity index (χ4v) is 3.15. The Hall–Kier alpha value is -0.610. The first-order chi connectivity index (χ1) is 8.20. The fourth-order valence-electron chi connectivity index (χ4n) is 2.86. The van der Waals surface area contributed by atoms with Gasteiger partial charge in [-0.1, -0.05) is 6.92 Å². The highest BCUT2D eigenvalue weighted by molar-refractivity contribution is 9.10. The Morgan fingerprint density at radius 3 is 2.47 bits per heavy atom. The van der Waals surface area contributed by atoms with E-state index in [1.54, 1.807) is 6.07 Å². The number of carbonyl (C=O) groups excluding carboxylic acids is 1. The molecule has 1 N–H and O–H groups in total. The number of rotatable bonds is 1. The lowest BCUT2D eigenvalue weighted by molar-refractivity contribution is 0.109. The van der Waals surface area contributed by atoms with Gasteiger partial charge in [-0.25, -0.2) is 0 Å². The topological polar surface area (TPSA) is 42.2 Å². The Morgan fingerprint density at radius 2 is 2.06 bits per heavy atom. The molecule has 1 saturated carbocycles. The molecule has 2 aliphatic rings. The number of furan rings is 1. The summed E-state index contributed by atoms with van der Waals surface area (Å²) in [5.41, 5.74) is 0. The van der Waals surface area contributed by atoms with E-state index in [2.05, 4.69) is 28.2 Å². The maximum absolute atomic E-state index is 9.96. The molecule has 3 nitrogen and oxygen atoms in total. The summed E-state index contributed by atoms with van der Waals surface area (Å²) in [7, 11) is 0. The average Bonchev–Trinajstić information content (AvgIpc) is 2.94. The zero-order valence-electron chi connectivity index (χ0n) is 9.99. The van der Waals surface area contributed by atoms with Crippen molar-refractivity contribution in [3.63, 3.8) is 0 Å². The first-order valence-corrected chi connectivity index (χ1v) is 6.89. The lowest BCUT2D eigenvalue weighted by atomic mass is 10.0. The van der Waals surface area contributed by atoms with E-state index in [0.717, 1.165) is 17.8 Å². The Bertz CT molecular complexity index is 365. The van der Waals surface area contributed by atoms with Gasteiger partial charge in [-0.05, 0) is 65.7 Å². The molecule has 1 aromatic rings. The van der Waals surface area contributed by atoms with E-state index in [1.807, 2.05) is 0 Å². The number of carbonyl (C=O) groups is 1. The molecule has 0 aromatic carbocycles. The molecular formula is C13H18BrNO2. The number of halogens is 1. The van der Waals surface area contributed by atoms with Gasteiger partial charge in [0.05, 0.1) is 10.7 Å². The second-order valence-corrected chi connectivity index (χ2v) is 5.86. The zero-order chi connectivity index (χ0) is 12.3. The maximum Gasteiger partial charge on any atom is 0.186 e. The van der Waals surface area contributed by atoms with Crippen LogP contribution in [0.2, 0.25) is 0 Å². The third-order valence-electron chi connectivity index (χ3n) is 3.64. The van der Waals surface area contributed by atoms with Gasteiger partial charge in [0.15, 0.2) is 12.0 Å². The molecule has 1 aliphatic heterocycles. The molecule has 1 aromatic heterocycles.